The second kappa shape index (κ2) is 8.27. The molecule has 1 aromatic rings. The van der Waals surface area contributed by atoms with Crippen molar-refractivity contribution in [1.82, 2.24) is 0 Å². The first-order chi connectivity index (χ1) is 9.40. The zero-order chi connectivity index (χ0) is 15.2. The van der Waals surface area contributed by atoms with Crippen molar-refractivity contribution in [2.24, 2.45) is 0 Å². The second-order valence-corrected chi connectivity index (χ2v) is 6.93. The third-order valence-electron chi connectivity index (χ3n) is 2.50. The molecule has 0 aliphatic rings. The quantitative estimate of drug-likeness (QED) is 0.500. The van der Waals surface area contributed by atoms with Gasteiger partial charge in [0, 0.05) is 25.7 Å². The van der Waals surface area contributed by atoms with Gasteiger partial charge in [-0.2, -0.15) is 0 Å². The number of carbonyl (C=O) groups is 1. The Bertz CT molecular complexity index is 485. The number of benzene rings is 1. The van der Waals surface area contributed by atoms with Gasteiger partial charge in [0.15, 0.2) is 10.8 Å². The van der Waals surface area contributed by atoms with Crippen LogP contribution in [0.3, 0.4) is 0 Å². The molecule has 0 radical (unpaired) electrons. The SMILES string of the molecule is COP(=O)(OC)OC(Br)C(=O)CCc1ccc(Cl)cc1. The number of ketones is 1. The summed E-state index contributed by atoms with van der Waals surface area (Å²) in [5.74, 6) is -0.255. The summed E-state index contributed by atoms with van der Waals surface area (Å²) < 4.78 is 25.9. The molecule has 0 N–H and O–H groups in total. The summed E-state index contributed by atoms with van der Waals surface area (Å²) in [6.45, 7) is 0. The molecule has 112 valence electrons. The summed E-state index contributed by atoms with van der Waals surface area (Å²) in [6.07, 6.45) is 0.761. The Balaban J connectivity index is 2.50. The molecule has 1 unspecified atom stereocenters. The van der Waals surface area contributed by atoms with Crippen molar-refractivity contribution in [2.45, 2.75) is 17.9 Å². The average molecular weight is 386 g/mol. The van der Waals surface area contributed by atoms with Gasteiger partial charge in [0.1, 0.15) is 0 Å². The molecular weight excluding hydrogens is 370 g/mol. The van der Waals surface area contributed by atoms with E-state index in [1.165, 1.54) is 14.2 Å². The van der Waals surface area contributed by atoms with Crippen LogP contribution >= 0.6 is 35.4 Å². The van der Waals surface area contributed by atoms with Gasteiger partial charge in [0.2, 0.25) is 0 Å². The van der Waals surface area contributed by atoms with Crippen molar-refractivity contribution in [1.29, 1.82) is 0 Å². The van der Waals surface area contributed by atoms with Gasteiger partial charge >= 0.3 is 7.82 Å². The van der Waals surface area contributed by atoms with Crippen LogP contribution < -0.4 is 0 Å². The summed E-state index contributed by atoms with van der Waals surface area (Å²) in [5.41, 5.74) is 0.976. The number of halogens is 2. The third kappa shape index (κ3) is 5.64. The molecule has 0 bridgehead atoms. The lowest BCUT2D eigenvalue weighted by Crippen LogP contribution is -2.17. The fourth-order valence-corrected chi connectivity index (χ4v) is 3.00. The molecule has 8 heteroatoms. The van der Waals surface area contributed by atoms with E-state index in [2.05, 4.69) is 25.0 Å². The zero-order valence-corrected chi connectivity index (χ0v) is 14.3. The van der Waals surface area contributed by atoms with Crippen LogP contribution in [0.4, 0.5) is 0 Å². The van der Waals surface area contributed by atoms with Crippen molar-refractivity contribution >= 4 is 41.1 Å². The predicted octanol–water partition coefficient (Wildman–Crippen LogP) is 3.98. The van der Waals surface area contributed by atoms with Crippen molar-refractivity contribution in [2.75, 3.05) is 14.2 Å². The molecule has 5 nitrogen and oxygen atoms in total. The fourth-order valence-electron chi connectivity index (χ4n) is 1.36. The van der Waals surface area contributed by atoms with Crippen LogP contribution in [0.5, 0.6) is 0 Å². The zero-order valence-electron chi connectivity index (χ0n) is 11.0. The molecule has 0 heterocycles. The number of Topliss-reactive ketones (excluding diaryl/α,β-unsaturated/α-hetero) is 1. The Hall–Kier alpha value is -0.230. The number of alkyl halides is 1. The lowest BCUT2D eigenvalue weighted by molar-refractivity contribution is -0.122. The summed E-state index contributed by atoms with van der Waals surface area (Å²) >= 11 is 8.80. The van der Waals surface area contributed by atoms with Crippen LogP contribution in [0.2, 0.25) is 5.02 Å². The van der Waals surface area contributed by atoms with Crippen molar-refractivity contribution in [3.8, 4) is 0 Å². The number of hydrogen-bond acceptors (Lipinski definition) is 5. The minimum absolute atomic E-state index is 0.227. The van der Waals surface area contributed by atoms with Gasteiger partial charge in [-0.15, -0.1) is 0 Å². The molecule has 0 amide bonds. The van der Waals surface area contributed by atoms with E-state index in [9.17, 15) is 9.36 Å². The molecule has 0 spiro atoms. The van der Waals surface area contributed by atoms with Gasteiger partial charge in [-0.05, 0) is 40.0 Å². The number of carbonyl (C=O) groups excluding carboxylic acids is 1. The minimum Gasteiger partial charge on any atom is -0.296 e. The molecule has 0 aliphatic carbocycles. The topological polar surface area (TPSA) is 61.8 Å². The highest BCUT2D eigenvalue weighted by atomic mass is 79.9. The number of aryl methyl sites for hydroxylation is 1. The summed E-state index contributed by atoms with van der Waals surface area (Å²) in [4.78, 5) is 11.9. The normalized spacial score (nSPS) is 13.2. The molecular formula is C12H15BrClO5P. The van der Waals surface area contributed by atoms with Crippen molar-refractivity contribution in [3.05, 3.63) is 34.9 Å². The predicted molar refractivity (Wildman–Crippen MR) is 80.2 cm³/mol. The van der Waals surface area contributed by atoms with Gasteiger partial charge < -0.3 is 0 Å². The molecule has 0 saturated carbocycles. The Kier molecular flexibility index (Phi) is 7.37. The second-order valence-electron chi connectivity index (χ2n) is 3.83. The number of rotatable bonds is 8. The van der Waals surface area contributed by atoms with E-state index < -0.39 is 12.8 Å². The Morgan fingerprint density at radius 1 is 1.30 bits per heavy atom. The van der Waals surface area contributed by atoms with Crippen LogP contribution in [0.15, 0.2) is 24.3 Å². The van der Waals surface area contributed by atoms with E-state index in [0.29, 0.717) is 11.4 Å². The largest absolute Gasteiger partial charge is 0.475 e. The van der Waals surface area contributed by atoms with Crippen LogP contribution in [0.25, 0.3) is 0 Å². The van der Waals surface area contributed by atoms with E-state index in [1.54, 1.807) is 12.1 Å². The maximum absolute atomic E-state index is 11.9. The molecule has 0 saturated heterocycles. The monoisotopic (exact) mass is 384 g/mol. The number of phosphoric ester groups is 1. The summed E-state index contributed by atoms with van der Waals surface area (Å²) in [7, 11) is -1.31. The smallest absolute Gasteiger partial charge is 0.296 e. The van der Waals surface area contributed by atoms with E-state index in [-0.39, 0.29) is 12.2 Å². The van der Waals surface area contributed by atoms with Gasteiger partial charge in [-0.25, -0.2) is 4.57 Å². The standard InChI is InChI=1S/C12H15BrClO5P/c1-17-20(16,18-2)19-12(13)11(15)8-5-9-3-6-10(14)7-4-9/h3-4,6-7,12H,5,8H2,1-2H3. The molecule has 1 rings (SSSR count). The van der Waals surface area contributed by atoms with E-state index in [1.807, 2.05) is 12.1 Å². The Morgan fingerprint density at radius 2 is 1.85 bits per heavy atom. The molecule has 1 atom stereocenters. The van der Waals surface area contributed by atoms with Gasteiger partial charge in [-0.3, -0.25) is 18.4 Å². The maximum Gasteiger partial charge on any atom is 0.475 e. The minimum atomic E-state index is -3.68. The van der Waals surface area contributed by atoms with Gasteiger partial charge in [0.25, 0.3) is 0 Å². The molecule has 0 aliphatic heterocycles. The fraction of sp³-hybridized carbons (Fsp3) is 0.417. The summed E-state index contributed by atoms with van der Waals surface area (Å²) in [5, 5.41) is -0.400. The van der Waals surface area contributed by atoms with Crippen LogP contribution in [0.1, 0.15) is 12.0 Å². The highest BCUT2D eigenvalue weighted by Gasteiger charge is 2.30. The number of hydrogen-bond donors (Lipinski definition) is 0. The van der Waals surface area contributed by atoms with Crippen LogP contribution in [-0.2, 0) is 29.4 Å². The van der Waals surface area contributed by atoms with Crippen molar-refractivity contribution < 1.29 is 22.9 Å². The van der Waals surface area contributed by atoms with Gasteiger partial charge in [-0.1, -0.05) is 23.7 Å². The third-order valence-corrected chi connectivity index (χ3v) is 5.10. The Morgan fingerprint density at radius 3 is 2.35 bits per heavy atom. The summed E-state index contributed by atoms with van der Waals surface area (Å²) in [6, 6.07) is 7.20. The molecule has 0 fully saturated rings. The number of phosphoric acid groups is 1. The highest BCUT2D eigenvalue weighted by Crippen LogP contribution is 2.49. The van der Waals surface area contributed by atoms with E-state index in [4.69, 9.17) is 16.1 Å². The van der Waals surface area contributed by atoms with E-state index in [0.717, 1.165) is 5.56 Å². The van der Waals surface area contributed by atoms with Crippen LogP contribution in [0, 0.1) is 0 Å². The van der Waals surface area contributed by atoms with E-state index >= 15 is 0 Å². The first kappa shape index (κ1) is 17.8. The van der Waals surface area contributed by atoms with Gasteiger partial charge in [0.05, 0.1) is 0 Å². The first-order valence-corrected chi connectivity index (χ1v) is 8.47. The van der Waals surface area contributed by atoms with Crippen LogP contribution in [-0.4, -0.2) is 25.0 Å². The molecule has 1 aromatic carbocycles. The maximum atomic E-state index is 11.9. The lowest BCUT2D eigenvalue weighted by atomic mass is 10.1. The van der Waals surface area contributed by atoms with Crippen molar-refractivity contribution in [3.63, 3.8) is 0 Å². The molecule has 0 aromatic heterocycles. The highest BCUT2D eigenvalue weighted by molar-refractivity contribution is 9.09. The average Bonchev–Trinajstić information content (AvgIpc) is 2.46. The first-order valence-electron chi connectivity index (χ1n) is 5.71. The lowest BCUT2D eigenvalue weighted by Gasteiger charge is -2.16. The molecule has 20 heavy (non-hydrogen) atoms. The Labute approximate surface area is 131 Å².